The number of carbonyl (C=O) groups is 4. The Morgan fingerprint density at radius 1 is 1.17 bits per heavy atom. The Morgan fingerprint density at radius 3 is 2.59 bits per heavy atom. The lowest BCUT2D eigenvalue weighted by molar-refractivity contribution is -0.136. The number of nitrogens with one attached hydrogen (secondary N) is 2. The van der Waals surface area contributed by atoms with Crippen LogP contribution in [0.2, 0.25) is 0 Å². The molecule has 1 aliphatic carbocycles. The zero-order valence-electron chi connectivity index (χ0n) is 15.9. The van der Waals surface area contributed by atoms with E-state index in [1.807, 2.05) is 0 Å². The Labute approximate surface area is 167 Å². The Hall–Kier alpha value is -2.65. The molecule has 1 aromatic carbocycles. The number of nitrogens with two attached hydrogens (primary N) is 1. The zero-order valence-corrected chi connectivity index (χ0v) is 15.9. The van der Waals surface area contributed by atoms with E-state index in [-0.39, 0.29) is 36.4 Å². The van der Waals surface area contributed by atoms with E-state index in [2.05, 4.69) is 10.6 Å². The van der Waals surface area contributed by atoms with Gasteiger partial charge in [0.15, 0.2) is 0 Å². The Morgan fingerprint density at radius 2 is 1.90 bits per heavy atom. The molecule has 29 heavy (non-hydrogen) atoms. The average Bonchev–Trinajstić information content (AvgIpc) is 2.91. The summed E-state index contributed by atoms with van der Waals surface area (Å²) < 4.78 is 13.8. The van der Waals surface area contributed by atoms with Crippen molar-refractivity contribution in [1.82, 2.24) is 15.5 Å². The van der Waals surface area contributed by atoms with Crippen LogP contribution in [0.4, 0.5) is 4.39 Å². The van der Waals surface area contributed by atoms with Crippen molar-refractivity contribution < 1.29 is 23.6 Å². The van der Waals surface area contributed by atoms with E-state index in [9.17, 15) is 23.6 Å². The molecule has 0 bridgehead atoms. The fourth-order valence-corrected chi connectivity index (χ4v) is 4.33. The highest BCUT2D eigenvalue weighted by molar-refractivity contribution is 6.23. The van der Waals surface area contributed by atoms with Gasteiger partial charge in [-0.25, -0.2) is 4.39 Å². The molecule has 0 spiro atoms. The Kier molecular flexibility index (Phi) is 4.95. The van der Waals surface area contributed by atoms with Gasteiger partial charge in [0.25, 0.3) is 11.8 Å². The van der Waals surface area contributed by atoms with Gasteiger partial charge in [-0.1, -0.05) is 6.07 Å². The molecule has 9 heteroatoms. The molecule has 4 N–H and O–H groups in total. The number of benzene rings is 1. The van der Waals surface area contributed by atoms with Crippen molar-refractivity contribution in [3.8, 4) is 0 Å². The quantitative estimate of drug-likeness (QED) is 0.587. The summed E-state index contributed by atoms with van der Waals surface area (Å²) in [5.41, 5.74) is 5.51. The third-order valence-corrected chi connectivity index (χ3v) is 5.94. The van der Waals surface area contributed by atoms with Crippen LogP contribution in [-0.2, 0) is 16.1 Å². The minimum atomic E-state index is -1.23. The number of halogens is 1. The number of alkyl halides is 1. The van der Waals surface area contributed by atoms with Crippen LogP contribution in [0.5, 0.6) is 0 Å². The molecular formula is C20H23FN4O4. The molecule has 8 nitrogen and oxygen atoms in total. The number of rotatable bonds is 6. The number of carbonyl (C=O) groups excluding carboxylic acids is 4. The topological polar surface area (TPSA) is 122 Å². The highest BCUT2D eigenvalue weighted by Gasteiger charge is 2.45. The molecule has 1 saturated heterocycles. The molecule has 3 aliphatic rings. The predicted molar refractivity (Wildman–Crippen MR) is 100 cm³/mol. The van der Waals surface area contributed by atoms with Crippen molar-refractivity contribution in [3.63, 3.8) is 0 Å². The van der Waals surface area contributed by atoms with Crippen LogP contribution in [0, 0.1) is 5.92 Å². The molecule has 2 fully saturated rings. The molecule has 4 rings (SSSR count). The monoisotopic (exact) mass is 402 g/mol. The number of hydrogen-bond donors (Lipinski definition) is 3. The van der Waals surface area contributed by atoms with Gasteiger partial charge in [0, 0.05) is 19.5 Å². The Bertz CT molecular complexity index is 896. The fraction of sp³-hybridized carbons (Fsp3) is 0.500. The molecule has 1 saturated carbocycles. The van der Waals surface area contributed by atoms with Gasteiger partial charge < -0.3 is 11.1 Å². The molecule has 1 atom stereocenters. The van der Waals surface area contributed by atoms with E-state index in [0.717, 1.165) is 10.5 Å². The Balaban J connectivity index is 1.39. The molecule has 0 radical (unpaired) electrons. The van der Waals surface area contributed by atoms with Gasteiger partial charge in [-0.05, 0) is 49.4 Å². The second kappa shape index (κ2) is 7.31. The van der Waals surface area contributed by atoms with Crippen molar-refractivity contribution in [2.45, 2.75) is 43.9 Å². The van der Waals surface area contributed by atoms with E-state index in [4.69, 9.17) is 5.73 Å². The minimum Gasteiger partial charge on any atom is -0.328 e. The van der Waals surface area contributed by atoms with Crippen molar-refractivity contribution in [1.29, 1.82) is 0 Å². The largest absolute Gasteiger partial charge is 0.328 e. The third-order valence-electron chi connectivity index (χ3n) is 5.94. The first kappa shape index (κ1) is 19.7. The van der Waals surface area contributed by atoms with Crippen LogP contribution in [0.1, 0.15) is 52.0 Å². The van der Waals surface area contributed by atoms with Crippen LogP contribution < -0.4 is 16.4 Å². The van der Waals surface area contributed by atoms with Crippen molar-refractivity contribution in [2.24, 2.45) is 11.7 Å². The number of nitrogens with zero attached hydrogens (tertiary/aromatic N) is 1. The van der Waals surface area contributed by atoms with E-state index in [0.29, 0.717) is 25.9 Å². The van der Waals surface area contributed by atoms with E-state index in [1.165, 1.54) is 0 Å². The SMILES string of the molecule is NCC1(F)CC(CNCc2ccc3c(c2)C(=O)N(C2CCC(=O)NC2=O)C3=O)C1. The van der Waals surface area contributed by atoms with Gasteiger partial charge in [0.05, 0.1) is 11.1 Å². The van der Waals surface area contributed by atoms with Gasteiger partial charge in [-0.15, -0.1) is 0 Å². The maximum atomic E-state index is 13.8. The first-order valence-electron chi connectivity index (χ1n) is 9.75. The number of hydrogen-bond acceptors (Lipinski definition) is 6. The van der Waals surface area contributed by atoms with Crippen molar-refractivity contribution in [3.05, 3.63) is 34.9 Å². The van der Waals surface area contributed by atoms with Crippen LogP contribution >= 0.6 is 0 Å². The van der Waals surface area contributed by atoms with Gasteiger partial charge in [0.2, 0.25) is 11.8 Å². The summed E-state index contributed by atoms with van der Waals surface area (Å²) in [4.78, 5) is 49.8. The number of fused-ring (bicyclic) bond motifs is 1. The van der Waals surface area contributed by atoms with Crippen molar-refractivity contribution >= 4 is 23.6 Å². The van der Waals surface area contributed by atoms with Crippen LogP contribution in [-0.4, -0.2) is 53.3 Å². The maximum Gasteiger partial charge on any atom is 0.262 e. The smallest absolute Gasteiger partial charge is 0.262 e. The second-order valence-corrected chi connectivity index (χ2v) is 8.09. The summed E-state index contributed by atoms with van der Waals surface area (Å²) in [5, 5.41) is 5.43. The summed E-state index contributed by atoms with van der Waals surface area (Å²) >= 11 is 0. The highest BCUT2D eigenvalue weighted by Crippen LogP contribution is 2.40. The lowest BCUT2D eigenvalue weighted by atomic mass is 9.72. The molecular weight excluding hydrogens is 379 g/mol. The molecule has 1 aromatic rings. The van der Waals surface area contributed by atoms with Gasteiger partial charge >= 0.3 is 0 Å². The van der Waals surface area contributed by atoms with Crippen LogP contribution in [0.15, 0.2) is 18.2 Å². The molecule has 2 heterocycles. The van der Waals surface area contributed by atoms with Gasteiger partial charge in [-0.3, -0.25) is 29.4 Å². The average molecular weight is 402 g/mol. The predicted octanol–water partition coefficient (Wildman–Crippen LogP) is 0.254. The lowest BCUT2D eigenvalue weighted by Crippen LogP contribution is -2.54. The van der Waals surface area contributed by atoms with Gasteiger partial charge in [0.1, 0.15) is 11.7 Å². The fourth-order valence-electron chi connectivity index (χ4n) is 4.33. The molecule has 154 valence electrons. The summed E-state index contributed by atoms with van der Waals surface area (Å²) in [6.07, 6.45) is 1.12. The maximum absolute atomic E-state index is 13.8. The van der Waals surface area contributed by atoms with E-state index < -0.39 is 35.3 Å². The summed E-state index contributed by atoms with van der Waals surface area (Å²) in [6, 6.07) is 4.02. The molecule has 2 aliphatic heterocycles. The van der Waals surface area contributed by atoms with E-state index in [1.54, 1.807) is 18.2 Å². The molecule has 1 unspecified atom stereocenters. The third kappa shape index (κ3) is 3.56. The summed E-state index contributed by atoms with van der Waals surface area (Å²) in [5.74, 6) is -1.83. The second-order valence-electron chi connectivity index (χ2n) is 8.09. The summed E-state index contributed by atoms with van der Waals surface area (Å²) in [6.45, 7) is 1.18. The number of imide groups is 2. The first-order valence-corrected chi connectivity index (χ1v) is 9.75. The normalized spacial score (nSPS) is 29.0. The van der Waals surface area contributed by atoms with Crippen molar-refractivity contribution in [2.75, 3.05) is 13.1 Å². The lowest BCUT2D eigenvalue weighted by Gasteiger charge is -2.40. The first-order chi connectivity index (χ1) is 13.8. The number of amides is 4. The van der Waals surface area contributed by atoms with Crippen LogP contribution in [0.25, 0.3) is 0 Å². The van der Waals surface area contributed by atoms with Gasteiger partial charge in [-0.2, -0.15) is 0 Å². The van der Waals surface area contributed by atoms with Crippen LogP contribution in [0.3, 0.4) is 0 Å². The van der Waals surface area contributed by atoms with E-state index >= 15 is 0 Å². The molecule has 0 aromatic heterocycles. The molecule has 4 amide bonds. The zero-order chi connectivity index (χ0) is 20.8. The highest BCUT2D eigenvalue weighted by atomic mass is 19.1. The minimum absolute atomic E-state index is 0.0497. The summed E-state index contributed by atoms with van der Waals surface area (Å²) in [7, 11) is 0. The standard InChI is InChI=1S/C20H23FN4O4/c21-20(10-22)6-12(7-20)9-23-8-11-1-2-13-14(5-11)19(29)25(18(13)28)15-3-4-16(26)24-17(15)27/h1-2,5,12,15,23H,3-4,6-10,22H2,(H,24,26,27). The number of piperidine rings is 1.